The molecule has 0 unspecified atom stereocenters. The first-order valence-corrected chi connectivity index (χ1v) is 10.2. The predicted molar refractivity (Wildman–Crippen MR) is 101 cm³/mol. The lowest BCUT2D eigenvalue weighted by molar-refractivity contribution is -0.122. The first kappa shape index (κ1) is 16.9. The molecule has 134 valence electrons. The van der Waals surface area contributed by atoms with Crippen LogP contribution in [0.25, 0.3) is 0 Å². The van der Waals surface area contributed by atoms with Gasteiger partial charge >= 0.3 is 0 Å². The molecule has 5 heteroatoms. The van der Waals surface area contributed by atoms with Crippen LogP contribution in [-0.4, -0.2) is 28.5 Å². The van der Waals surface area contributed by atoms with Crippen molar-refractivity contribution in [3.63, 3.8) is 0 Å². The molecule has 1 aliphatic heterocycles. The Balaban J connectivity index is 1.43. The summed E-state index contributed by atoms with van der Waals surface area (Å²) >= 11 is 1.84. The van der Waals surface area contributed by atoms with Crippen molar-refractivity contribution in [2.24, 2.45) is 11.8 Å². The van der Waals surface area contributed by atoms with Gasteiger partial charge in [0.2, 0.25) is 5.91 Å². The molecular formula is C20H27N3OS. The van der Waals surface area contributed by atoms with Crippen molar-refractivity contribution in [3.05, 3.63) is 45.9 Å². The third-order valence-corrected chi connectivity index (χ3v) is 6.38. The number of aromatic nitrogens is 1. The van der Waals surface area contributed by atoms with Crippen molar-refractivity contribution in [2.75, 3.05) is 13.1 Å². The summed E-state index contributed by atoms with van der Waals surface area (Å²) in [6.07, 6.45) is 5.35. The second-order valence-electron chi connectivity index (χ2n) is 7.67. The monoisotopic (exact) mass is 357 g/mol. The van der Waals surface area contributed by atoms with Crippen LogP contribution in [0.3, 0.4) is 0 Å². The molecule has 1 atom stereocenters. The third kappa shape index (κ3) is 4.33. The minimum absolute atomic E-state index is 0.222. The van der Waals surface area contributed by atoms with Crippen LogP contribution in [0.5, 0.6) is 0 Å². The number of hydrogen-bond acceptors (Lipinski definition) is 3. The van der Waals surface area contributed by atoms with E-state index in [1.807, 2.05) is 11.3 Å². The molecule has 2 aromatic rings. The molecule has 0 saturated heterocycles. The molecule has 4 rings (SSSR count). The van der Waals surface area contributed by atoms with Crippen LogP contribution < -0.4 is 5.32 Å². The fourth-order valence-electron chi connectivity index (χ4n) is 3.70. The quantitative estimate of drug-likeness (QED) is 0.860. The standard InChI is InChI=1S/C20H27N3OS/c1-15-6-8-25-19(15)14-22-11-17(9-20(24)21-10-16-4-5-16)12-23-7-2-3-18(23)13-22/h2-3,6-8,16-17H,4-5,9-14H2,1H3,(H,21,24)/t17-/m1/s1. The van der Waals surface area contributed by atoms with Gasteiger partial charge in [-0.15, -0.1) is 11.3 Å². The highest BCUT2D eigenvalue weighted by molar-refractivity contribution is 7.10. The van der Waals surface area contributed by atoms with Crippen LogP contribution in [0.2, 0.25) is 0 Å². The molecule has 1 N–H and O–H groups in total. The summed E-state index contributed by atoms with van der Waals surface area (Å²) in [5, 5.41) is 5.31. The summed E-state index contributed by atoms with van der Waals surface area (Å²) in [6, 6.07) is 6.53. The molecular weight excluding hydrogens is 330 g/mol. The third-order valence-electron chi connectivity index (χ3n) is 5.37. The Kier molecular flexibility index (Phi) is 4.95. The van der Waals surface area contributed by atoms with E-state index >= 15 is 0 Å². The van der Waals surface area contributed by atoms with Crippen molar-refractivity contribution < 1.29 is 4.79 Å². The van der Waals surface area contributed by atoms with Crippen LogP contribution in [0.15, 0.2) is 29.8 Å². The van der Waals surface area contributed by atoms with E-state index in [-0.39, 0.29) is 5.91 Å². The summed E-state index contributed by atoms with van der Waals surface area (Å²) in [5.41, 5.74) is 2.73. The van der Waals surface area contributed by atoms with Gasteiger partial charge in [-0.1, -0.05) is 0 Å². The molecule has 0 spiro atoms. The first-order chi connectivity index (χ1) is 12.2. The second-order valence-corrected chi connectivity index (χ2v) is 8.67. The number of hydrogen-bond donors (Lipinski definition) is 1. The summed E-state index contributed by atoms with van der Waals surface area (Å²) in [4.78, 5) is 16.3. The molecule has 0 aromatic carbocycles. The zero-order chi connectivity index (χ0) is 17.2. The summed E-state index contributed by atoms with van der Waals surface area (Å²) < 4.78 is 2.33. The molecule has 2 aliphatic rings. The van der Waals surface area contributed by atoms with Crippen LogP contribution in [0.4, 0.5) is 0 Å². The van der Waals surface area contributed by atoms with E-state index in [9.17, 15) is 4.79 Å². The lowest BCUT2D eigenvalue weighted by Crippen LogP contribution is -2.33. The Labute approximate surface area is 153 Å². The van der Waals surface area contributed by atoms with Crippen LogP contribution in [0, 0.1) is 18.8 Å². The molecule has 1 saturated carbocycles. The zero-order valence-corrected chi connectivity index (χ0v) is 15.7. The van der Waals surface area contributed by atoms with Crippen molar-refractivity contribution in [2.45, 2.75) is 45.8 Å². The smallest absolute Gasteiger partial charge is 0.220 e. The molecule has 2 aromatic heterocycles. The topological polar surface area (TPSA) is 37.3 Å². The average molecular weight is 358 g/mol. The van der Waals surface area contributed by atoms with E-state index in [0.29, 0.717) is 12.3 Å². The van der Waals surface area contributed by atoms with Crippen molar-refractivity contribution >= 4 is 17.2 Å². The minimum atomic E-state index is 0.222. The van der Waals surface area contributed by atoms with Gasteiger partial charge in [-0.05, 0) is 60.7 Å². The summed E-state index contributed by atoms with van der Waals surface area (Å²) in [5.74, 6) is 1.33. The van der Waals surface area contributed by atoms with Crippen molar-refractivity contribution in [1.82, 2.24) is 14.8 Å². The number of rotatable bonds is 6. The van der Waals surface area contributed by atoms with E-state index in [1.165, 1.54) is 29.0 Å². The molecule has 25 heavy (non-hydrogen) atoms. The van der Waals surface area contributed by atoms with E-state index in [0.717, 1.165) is 38.6 Å². The maximum absolute atomic E-state index is 12.3. The molecule has 4 nitrogen and oxygen atoms in total. The average Bonchev–Trinajstić information content (AvgIpc) is 3.23. The molecule has 3 heterocycles. The Bertz CT molecular complexity index is 731. The highest BCUT2D eigenvalue weighted by Gasteiger charge is 2.26. The summed E-state index contributed by atoms with van der Waals surface area (Å²) in [7, 11) is 0. The van der Waals surface area contributed by atoms with E-state index < -0.39 is 0 Å². The fourth-order valence-corrected chi connectivity index (χ4v) is 4.65. The lowest BCUT2D eigenvalue weighted by atomic mass is 10.0. The van der Waals surface area contributed by atoms with E-state index in [2.05, 4.69) is 51.5 Å². The van der Waals surface area contributed by atoms with Crippen LogP contribution >= 0.6 is 11.3 Å². The SMILES string of the molecule is Cc1ccsc1CN1Cc2cccn2C[C@H](CC(=O)NCC2CC2)C1. The number of nitrogens with zero attached hydrogens (tertiary/aromatic N) is 2. The maximum Gasteiger partial charge on any atom is 0.220 e. The zero-order valence-electron chi connectivity index (χ0n) is 14.9. The molecule has 1 amide bonds. The number of carbonyl (C=O) groups excluding carboxylic acids is 1. The van der Waals surface area contributed by atoms with Crippen LogP contribution in [0.1, 0.15) is 35.4 Å². The number of carbonyl (C=O) groups is 1. The Morgan fingerprint density at radius 2 is 2.16 bits per heavy atom. The first-order valence-electron chi connectivity index (χ1n) is 9.33. The van der Waals surface area contributed by atoms with Gasteiger partial charge in [-0.3, -0.25) is 9.69 Å². The Morgan fingerprint density at radius 3 is 2.92 bits per heavy atom. The van der Waals surface area contributed by atoms with Gasteiger partial charge in [0, 0.05) is 55.9 Å². The van der Waals surface area contributed by atoms with E-state index in [1.54, 1.807) is 0 Å². The van der Waals surface area contributed by atoms with Gasteiger partial charge in [-0.2, -0.15) is 0 Å². The van der Waals surface area contributed by atoms with Gasteiger partial charge in [0.1, 0.15) is 0 Å². The van der Waals surface area contributed by atoms with Crippen LogP contribution in [-0.2, 0) is 24.4 Å². The Hall–Kier alpha value is -1.59. The predicted octanol–water partition coefficient (Wildman–Crippen LogP) is 3.41. The number of fused-ring (bicyclic) bond motifs is 1. The maximum atomic E-state index is 12.3. The lowest BCUT2D eigenvalue weighted by Gasteiger charge is -2.23. The minimum Gasteiger partial charge on any atom is -0.356 e. The van der Waals surface area contributed by atoms with E-state index in [4.69, 9.17) is 0 Å². The second kappa shape index (κ2) is 7.34. The van der Waals surface area contributed by atoms with Gasteiger partial charge in [0.25, 0.3) is 0 Å². The van der Waals surface area contributed by atoms with Crippen molar-refractivity contribution in [1.29, 1.82) is 0 Å². The molecule has 1 fully saturated rings. The molecule has 0 radical (unpaired) electrons. The number of amides is 1. The fraction of sp³-hybridized carbons (Fsp3) is 0.550. The van der Waals surface area contributed by atoms with Crippen molar-refractivity contribution in [3.8, 4) is 0 Å². The highest BCUT2D eigenvalue weighted by atomic mass is 32.1. The molecule has 0 bridgehead atoms. The normalized spacial score (nSPS) is 20.9. The number of aryl methyl sites for hydroxylation is 1. The largest absolute Gasteiger partial charge is 0.356 e. The summed E-state index contributed by atoms with van der Waals surface area (Å²) in [6.45, 7) is 6.93. The van der Waals surface area contributed by atoms with Gasteiger partial charge in [0.05, 0.1) is 0 Å². The number of thiophene rings is 1. The number of nitrogens with one attached hydrogen (secondary N) is 1. The highest BCUT2D eigenvalue weighted by Crippen LogP contribution is 2.28. The van der Waals surface area contributed by atoms with Gasteiger partial charge in [-0.25, -0.2) is 0 Å². The van der Waals surface area contributed by atoms with Gasteiger partial charge < -0.3 is 9.88 Å². The molecule has 1 aliphatic carbocycles. The Morgan fingerprint density at radius 1 is 1.28 bits per heavy atom. The van der Waals surface area contributed by atoms with Gasteiger partial charge in [0.15, 0.2) is 0 Å².